The summed E-state index contributed by atoms with van der Waals surface area (Å²) in [6.45, 7) is 3.75. The number of ether oxygens (including phenoxy) is 1. The van der Waals surface area contributed by atoms with E-state index in [1.54, 1.807) is 23.1 Å². The molecule has 0 radical (unpaired) electrons. The number of rotatable bonds is 5. The van der Waals surface area contributed by atoms with Gasteiger partial charge < -0.3 is 4.74 Å². The van der Waals surface area contributed by atoms with Crippen molar-refractivity contribution in [2.45, 2.75) is 20.5 Å². The first-order chi connectivity index (χ1) is 12.4. The number of aryl methyl sites for hydroxylation is 1. The van der Waals surface area contributed by atoms with Gasteiger partial charge in [0.2, 0.25) is 5.91 Å². The number of amides is 1. The molecule has 7 heteroatoms. The van der Waals surface area contributed by atoms with Gasteiger partial charge in [-0.25, -0.2) is 4.98 Å². The highest BCUT2D eigenvalue weighted by atomic mass is 35.5. The largest absolute Gasteiger partial charge is 0.486 e. The normalized spacial score (nSPS) is 10.6. The van der Waals surface area contributed by atoms with Crippen LogP contribution in [0.15, 0.2) is 47.8 Å². The second-order valence-electron chi connectivity index (χ2n) is 5.68. The van der Waals surface area contributed by atoms with E-state index in [9.17, 15) is 4.79 Å². The minimum absolute atomic E-state index is 0.0989. The summed E-state index contributed by atoms with van der Waals surface area (Å²) in [5.74, 6) is 0.436. The molecule has 0 spiro atoms. The van der Waals surface area contributed by atoms with Crippen molar-refractivity contribution >= 4 is 51.3 Å². The van der Waals surface area contributed by atoms with Crippen LogP contribution in [0.3, 0.4) is 0 Å². The van der Waals surface area contributed by atoms with Gasteiger partial charge in [0, 0.05) is 17.3 Å². The molecule has 4 nitrogen and oxygen atoms in total. The van der Waals surface area contributed by atoms with E-state index in [2.05, 4.69) is 4.98 Å². The van der Waals surface area contributed by atoms with E-state index in [0.717, 1.165) is 16.9 Å². The Morgan fingerprint density at radius 2 is 2.04 bits per heavy atom. The molecule has 0 atom stereocenters. The Morgan fingerprint density at radius 3 is 2.73 bits per heavy atom. The van der Waals surface area contributed by atoms with Gasteiger partial charge >= 0.3 is 0 Å². The molecule has 0 saturated heterocycles. The van der Waals surface area contributed by atoms with Crippen LogP contribution in [0.5, 0.6) is 5.75 Å². The summed E-state index contributed by atoms with van der Waals surface area (Å²) in [7, 11) is 0. The smallest absolute Gasteiger partial charge is 0.230 e. The molecule has 1 heterocycles. The number of carbonyl (C=O) groups is 1. The van der Waals surface area contributed by atoms with Gasteiger partial charge in [-0.1, -0.05) is 35.3 Å². The molecule has 3 aromatic rings. The van der Waals surface area contributed by atoms with Crippen molar-refractivity contribution in [1.29, 1.82) is 0 Å². The number of halogens is 2. The van der Waals surface area contributed by atoms with E-state index in [-0.39, 0.29) is 12.5 Å². The first-order valence-corrected chi connectivity index (χ1v) is 9.47. The highest BCUT2D eigenvalue weighted by Crippen LogP contribution is 2.31. The van der Waals surface area contributed by atoms with Gasteiger partial charge in [0.25, 0.3) is 0 Å². The lowest BCUT2D eigenvalue weighted by atomic mass is 10.2. The van der Waals surface area contributed by atoms with Crippen LogP contribution in [-0.2, 0) is 11.4 Å². The Hall–Kier alpha value is -2.08. The number of anilines is 2. The summed E-state index contributed by atoms with van der Waals surface area (Å²) in [5, 5.41) is 3.46. The number of carbonyl (C=O) groups excluding carboxylic acids is 1. The van der Waals surface area contributed by atoms with Gasteiger partial charge in [-0.15, -0.1) is 11.3 Å². The SMILES string of the molecule is CC(=O)N(c1cccc(C)c1)c1nc(COc2ccc(Cl)cc2Cl)cs1. The fourth-order valence-electron chi connectivity index (χ4n) is 2.40. The fourth-order valence-corrected chi connectivity index (χ4v) is 3.74. The first kappa shape index (κ1) is 18.7. The van der Waals surface area contributed by atoms with Crippen LogP contribution in [0.4, 0.5) is 10.8 Å². The third kappa shape index (κ3) is 4.36. The van der Waals surface area contributed by atoms with E-state index < -0.39 is 0 Å². The Labute approximate surface area is 166 Å². The molecule has 0 unspecified atom stereocenters. The van der Waals surface area contributed by atoms with Gasteiger partial charge in [-0.2, -0.15) is 0 Å². The maximum Gasteiger partial charge on any atom is 0.230 e. The zero-order valence-electron chi connectivity index (χ0n) is 14.2. The van der Waals surface area contributed by atoms with Crippen LogP contribution in [0.1, 0.15) is 18.2 Å². The quantitative estimate of drug-likeness (QED) is 0.519. The standard InChI is InChI=1S/C19H16Cl2N2O2S/c1-12-4-3-5-16(8-12)23(13(2)24)19-22-15(11-26-19)10-25-18-7-6-14(20)9-17(18)21/h3-9,11H,10H2,1-2H3. The van der Waals surface area contributed by atoms with Gasteiger partial charge in [0.1, 0.15) is 12.4 Å². The molecule has 0 aliphatic rings. The third-order valence-electron chi connectivity index (χ3n) is 3.58. The zero-order valence-corrected chi connectivity index (χ0v) is 16.5. The maximum absolute atomic E-state index is 12.2. The van der Waals surface area contributed by atoms with Crippen molar-refractivity contribution in [2.75, 3.05) is 4.90 Å². The summed E-state index contributed by atoms with van der Waals surface area (Å²) < 4.78 is 5.71. The van der Waals surface area contributed by atoms with E-state index >= 15 is 0 Å². The molecule has 1 aromatic heterocycles. The molecule has 2 aromatic carbocycles. The van der Waals surface area contributed by atoms with E-state index in [1.807, 2.05) is 36.6 Å². The highest BCUT2D eigenvalue weighted by Gasteiger charge is 2.18. The van der Waals surface area contributed by atoms with Gasteiger partial charge in [0.15, 0.2) is 5.13 Å². The number of hydrogen-bond donors (Lipinski definition) is 0. The summed E-state index contributed by atoms with van der Waals surface area (Å²) in [5.41, 5.74) is 2.58. The summed E-state index contributed by atoms with van der Waals surface area (Å²) in [4.78, 5) is 18.3. The molecule has 0 aliphatic carbocycles. The lowest BCUT2D eigenvalue weighted by Crippen LogP contribution is -2.22. The van der Waals surface area contributed by atoms with E-state index in [4.69, 9.17) is 27.9 Å². The number of aromatic nitrogens is 1. The molecule has 0 fully saturated rings. The minimum Gasteiger partial charge on any atom is -0.486 e. The average molecular weight is 407 g/mol. The zero-order chi connectivity index (χ0) is 18.7. The van der Waals surface area contributed by atoms with Crippen LogP contribution in [0.2, 0.25) is 10.0 Å². The van der Waals surface area contributed by atoms with Crippen molar-refractivity contribution in [2.24, 2.45) is 0 Å². The second kappa shape index (κ2) is 8.08. The minimum atomic E-state index is -0.0989. The van der Waals surface area contributed by atoms with Crippen LogP contribution < -0.4 is 9.64 Å². The summed E-state index contributed by atoms with van der Waals surface area (Å²) >= 11 is 13.4. The molecule has 3 rings (SSSR count). The molecule has 26 heavy (non-hydrogen) atoms. The van der Waals surface area contributed by atoms with Crippen molar-refractivity contribution in [3.8, 4) is 5.75 Å². The van der Waals surface area contributed by atoms with Gasteiger partial charge in [0.05, 0.1) is 16.4 Å². The first-order valence-electron chi connectivity index (χ1n) is 7.83. The lowest BCUT2D eigenvalue weighted by Gasteiger charge is -2.18. The van der Waals surface area contributed by atoms with Crippen LogP contribution in [0.25, 0.3) is 0 Å². The molecular formula is C19H16Cl2N2O2S. The molecule has 0 bridgehead atoms. The molecule has 134 valence electrons. The van der Waals surface area contributed by atoms with E-state index in [0.29, 0.717) is 20.9 Å². The molecular weight excluding hydrogens is 391 g/mol. The predicted molar refractivity (Wildman–Crippen MR) is 107 cm³/mol. The van der Waals surface area contributed by atoms with Crippen molar-refractivity contribution < 1.29 is 9.53 Å². The summed E-state index contributed by atoms with van der Waals surface area (Å²) in [6, 6.07) is 12.8. The van der Waals surface area contributed by atoms with Crippen molar-refractivity contribution in [3.05, 3.63) is 69.1 Å². The second-order valence-corrected chi connectivity index (χ2v) is 7.36. The topological polar surface area (TPSA) is 42.4 Å². The maximum atomic E-state index is 12.2. The number of hydrogen-bond acceptors (Lipinski definition) is 4. The van der Waals surface area contributed by atoms with Crippen LogP contribution in [-0.4, -0.2) is 10.9 Å². The molecule has 0 aliphatic heterocycles. The fraction of sp³-hybridized carbons (Fsp3) is 0.158. The molecule has 1 amide bonds. The number of thiazole rings is 1. The Balaban J connectivity index is 1.78. The number of nitrogens with zero attached hydrogens (tertiary/aromatic N) is 2. The van der Waals surface area contributed by atoms with Gasteiger partial charge in [-0.3, -0.25) is 9.69 Å². The average Bonchev–Trinajstić information content (AvgIpc) is 3.02. The highest BCUT2D eigenvalue weighted by molar-refractivity contribution is 7.14. The monoisotopic (exact) mass is 406 g/mol. The van der Waals surface area contributed by atoms with Crippen LogP contribution >= 0.6 is 34.5 Å². The third-order valence-corrected chi connectivity index (χ3v) is 4.98. The number of benzene rings is 2. The Morgan fingerprint density at radius 1 is 1.23 bits per heavy atom. The summed E-state index contributed by atoms with van der Waals surface area (Å²) in [6.07, 6.45) is 0. The predicted octanol–water partition coefficient (Wildman–Crippen LogP) is 6.02. The van der Waals surface area contributed by atoms with Gasteiger partial charge in [-0.05, 0) is 42.8 Å². The van der Waals surface area contributed by atoms with Crippen molar-refractivity contribution in [1.82, 2.24) is 4.98 Å². The van der Waals surface area contributed by atoms with E-state index in [1.165, 1.54) is 18.3 Å². The molecule has 0 saturated carbocycles. The lowest BCUT2D eigenvalue weighted by molar-refractivity contribution is -0.115. The van der Waals surface area contributed by atoms with Crippen LogP contribution in [0, 0.1) is 6.92 Å². The van der Waals surface area contributed by atoms with Crippen molar-refractivity contribution in [3.63, 3.8) is 0 Å². The Kier molecular flexibility index (Phi) is 5.81. The molecule has 0 N–H and O–H groups in total. The Bertz CT molecular complexity index is 943.